The van der Waals surface area contributed by atoms with Gasteiger partial charge in [0.1, 0.15) is 11.3 Å². The van der Waals surface area contributed by atoms with Crippen LogP contribution in [0.4, 0.5) is 0 Å². The molecule has 0 saturated heterocycles. The van der Waals surface area contributed by atoms with Crippen molar-refractivity contribution in [1.82, 2.24) is 0 Å². The summed E-state index contributed by atoms with van der Waals surface area (Å²) in [7, 11) is 0. The Kier molecular flexibility index (Phi) is 5.89. The molecule has 0 aliphatic heterocycles. The Bertz CT molecular complexity index is 3480. The van der Waals surface area contributed by atoms with E-state index in [1.165, 1.54) is 110 Å². The van der Waals surface area contributed by atoms with Crippen molar-refractivity contribution < 1.29 is 4.42 Å². The Morgan fingerprint density at radius 1 is 0.304 bits per heavy atom. The van der Waals surface area contributed by atoms with E-state index in [0.717, 1.165) is 11.3 Å². The van der Waals surface area contributed by atoms with Crippen LogP contribution in [0.5, 0.6) is 0 Å². The Balaban J connectivity index is 1.12. The van der Waals surface area contributed by atoms with Crippen molar-refractivity contribution in [1.29, 1.82) is 0 Å². The van der Waals surface area contributed by atoms with Gasteiger partial charge in [-0.2, -0.15) is 0 Å². The van der Waals surface area contributed by atoms with Gasteiger partial charge in [-0.05, 0) is 117 Å². The summed E-state index contributed by atoms with van der Waals surface area (Å²) in [6, 6.07) is 72.0. The second-order valence-electron chi connectivity index (χ2n) is 15.5. The fourth-order valence-electron chi connectivity index (χ4n) is 10.6. The zero-order valence-corrected chi connectivity index (χ0v) is 30.4. The zero-order chi connectivity index (χ0) is 36.5. The molecule has 1 unspecified atom stereocenters. The maximum Gasteiger partial charge on any atom is 0.140 e. The lowest BCUT2D eigenvalue weighted by Crippen LogP contribution is -2.25. The van der Waals surface area contributed by atoms with Gasteiger partial charge in [0.25, 0.3) is 0 Å². The van der Waals surface area contributed by atoms with Crippen molar-refractivity contribution in [3.05, 3.63) is 216 Å². The Morgan fingerprint density at radius 2 is 0.839 bits per heavy atom. The van der Waals surface area contributed by atoms with E-state index in [2.05, 4.69) is 194 Å². The molecule has 1 atom stereocenters. The zero-order valence-electron chi connectivity index (χ0n) is 30.4. The average Bonchev–Trinajstić information content (AvgIpc) is 3.89. The Labute approximate surface area is 323 Å². The predicted octanol–water partition coefficient (Wildman–Crippen LogP) is 14.7. The van der Waals surface area contributed by atoms with Crippen molar-refractivity contribution in [2.45, 2.75) is 5.41 Å². The van der Waals surface area contributed by atoms with Crippen LogP contribution in [-0.4, -0.2) is 0 Å². The van der Waals surface area contributed by atoms with Crippen LogP contribution in [-0.2, 0) is 5.41 Å². The van der Waals surface area contributed by atoms with E-state index in [0.29, 0.717) is 0 Å². The number of furan rings is 1. The van der Waals surface area contributed by atoms with Gasteiger partial charge in [0.05, 0.1) is 5.41 Å². The molecule has 2 aliphatic rings. The number of para-hydroxylation sites is 1. The minimum absolute atomic E-state index is 0.507. The van der Waals surface area contributed by atoms with Crippen molar-refractivity contribution in [2.75, 3.05) is 0 Å². The highest BCUT2D eigenvalue weighted by molar-refractivity contribution is 6.25. The fourth-order valence-corrected chi connectivity index (χ4v) is 10.6. The molecular weight excluding hydrogens is 677 g/mol. The minimum atomic E-state index is -0.507. The second-order valence-corrected chi connectivity index (χ2v) is 15.5. The van der Waals surface area contributed by atoms with Crippen molar-refractivity contribution in [3.8, 4) is 44.7 Å². The molecule has 0 bridgehead atoms. The van der Waals surface area contributed by atoms with Crippen molar-refractivity contribution in [3.63, 3.8) is 0 Å². The van der Waals surface area contributed by atoms with Crippen molar-refractivity contribution in [2.24, 2.45) is 0 Å². The highest BCUT2D eigenvalue weighted by atomic mass is 16.3. The molecule has 0 saturated carbocycles. The first-order valence-electron chi connectivity index (χ1n) is 19.5. The molecule has 0 fully saturated rings. The summed E-state index contributed by atoms with van der Waals surface area (Å²) in [6.07, 6.45) is 0. The molecule has 1 heterocycles. The van der Waals surface area contributed by atoms with Gasteiger partial charge in [0.2, 0.25) is 0 Å². The molecule has 0 N–H and O–H groups in total. The van der Waals surface area contributed by atoms with Gasteiger partial charge in [0.15, 0.2) is 0 Å². The van der Waals surface area contributed by atoms with Gasteiger partial charge in [0, 0.05) is 16.5 Å². The lowest BCUT2D eigenvalue weighted by Gasteiger charge is -2.30. The van der Waals surface area contributed by atoms with Crippen LogP contribution in [0.25, 0.3) is 98.8 Å². The maximum atomic E-state index is 6.78. The van der Waals surface area contributed by atoms with E-state index in [1.54, 1.807) is 0 Å². The molecule has 56 heavy (non-hydrogen) atoms. The SMILES string of the molecule is c1ccc2c(c1)-c1ccc(-c3cc4c5ccccc5c(-c5cccc6ccccc56)cc4c4ccccc34)cc1C21c2ccccc2-c2oc3ccccc3c21. The van der Waals surface area contributed by atoms with Crippen molar-refractivity contribution >= 4 is 54.1 Å². The van der Waals surface area contributed by atoms with Gasteiger partial charge in [-0.25, -0.2) is 0 Å². The smallest absolute Gasteiger partial charge is 0.140 e. The van der Waals surface area contributed by atoms with Crippen LogP contribution in [0.1, 0.15) is 22.3 Å². The largest absolute Gasteiger partial charge is 0.456 e. The number of fused-ring (bicyclic) bond motifs is 18. The molecule has 0 amide bonds. The van der Waals surface area contributed by atoms with Gasteiger partial charge in [-0.15, -0.1) is 0 Å². The first kappa shape index (κ1) is 30.1. The molecule has 1 heteroatoms. The number of rotatable bonds is 2. The third kappa shape index (κ3) is 3.75. The number of hydrogen-bond donors (Lipinski definition) is 0. The van der Waals surface area contributed by atoms with Crippen LogP contribution < -0.4 is 0 Å². The standard InChI is InChI=1S/C55H32O/c1-2-16-35-33(14-1)15-13-24-36(35)46-32-48-38-18-4-3-17-37(38)45(31-47(48)40-20-6-5-19-39(40)46)34-28-29-42-41-21-7-10-25-49(41)55(51(42)30-34)50-26-11-8-22-43(50)54-53(55)44-23-9-12-27-52(44)56-54/h1-32H. The first-order chi connectivity index (χ1) is 27.8. The summed E-state index contributed by atoms with van der Waals surface area (Å²) in [4.78, 5) is 0. The quantitative estimate of drug-likeness (QED) is 0.163. The van der Waals surface area contributed by atoms with Crippen LogP contribution in [0.2, 0.25) is 0 Å². The van der Waals surface area contributed by atoms with Gasteiger partial charge >= 0.3 is 0 Å². The molecule has 10 aromatic carbocycles. The lowest BCUT2D eigenvalue weighted by atomic mass is 9.69. The van der Waals surface area contributed by atoms with E-state index < -0.39 is 5.41 Å². The Morgan fingerprint density at radius 3 is 1.62 bits per heavy atom. The topological polar surface area (TPSA) is 13.1 Å². The monoisotopic (exact) mass is 708 g/mol. The summed E-state index contributed by atoms with van der Waals surface area (Å²) in [5.74, 6) is 0.986. The molecule has 2 aliphatic carbocycles. The van der Waals surface area contributed by atoms with E-state index in [4.69, 9.17) is 4.42 Å². The van der Waals surface area contributed by atoms with Crippen LogP contribution in [0, 0.1) is 0 Å². The van der Waals surface area contributed by atoms with Gasteiger partial charge in [-0.3, -0.25) is 0 Å². The molecular formula is C55H32O. The summed E-state index contributed by atoms with van der Waals surface area (Å²) in [5, 5.41) is 11.3. The highest BCUT2D eigenvalue weighted by Crippen LogP contribution is 2.65. The molecule has 258 valence electrons. The third-order valence-corrected chi connectivity index (χ3v) is 12.9. The summed E-state index contributed by atoms with van der Waals surface area (Å²) < 4.78 is 6.78. The normalized spacial score (nSPS) is 15.2. The Hall–Kier alpha value is -7.22. The second kappa shape index (κ2) is 10.9. The molecule has 0 radical (unpaired) electrons. The van der Waals surface area contributed by atoms with E-state index in [-0.39, 0.29) is 0 Å². The summed E-state index contributed by atoms with van der Waals surface area (Å²) >= 11 is 0. The van der Waals surface area contributed by atoms with Crippen LogP contribution >= 0.6 is 0 Å². The fraction of sp³-hybridized carbons (Fsp3) is 0.0182. The van der Waals surface area contributed by atoms with Gasteiger partial charge < -0.3 is 4.42 Å². The maximum absolute atomic E-state index is 6.78. The molecule has 1 aromatic heterocycles. The molecule has 1 nitrogen and oxygen atoms in total. The van der Waals surface area contributed by atoms with E-state index in [9.17, 15) is 0 Å². The molecule has 11 aromatic rings. The number of benzene rings is 10. The summed E-state index contributed by atoms with van der Waals surface area (Å²) in [6.45, 7) is 0. The van der Waals surface area contributed by atoms with Crippen LogP contribution in [0.3, 0.4) is 0 Å². The third-order valence-electron chi connectivity index (χ3n) is 12.9. The molecule has 1 spiro atoms. The number of hydrogen-bond acceptors (Lipinski definition) is 1. The average molecular weight is 709 g/mol. The molecule has 13 rings (SSSR count). The van der Waals surface area contributed by atoms with E-state index >= 15 is 0 Å². The minimum Gasteiger partial charge on any atom is -0.456 e. The highest BCUT2D eigenvalue weighted by Gasteiger charge is 2.54. The van der Waals surface area contributed by atoms with Crippen LogP contribution in [0.15, 0.2) is 199 Å². The predicted molar refractivity (Wildman–Crippen MR) is 233 cm³/mol. The van der Waals surface area contributed by atoms with E-state index in [1.807, 2.05) is 0 Å². The summed E-state index contributed by atoms with van der Waals surface area (Å²) in [5.41, 5.74) is 14.4. The lowest BCUT2D eigenvalue weighted by molar-refractivity contribution is 0.628. The van der Waals surface area contributed by atoms with Gasteiger partial charge in [-0.1, -0.05) is 170 Å². The first-order valence-corrected chi connectivity index (χ1v) is 19.5.